The van der Waals surface area contributed by atoms with Crippen molar-refractivity contribution in [1.29, 1.82) is 0 Å². The molecule has 0 saturated carbocycles. The summed E-state index contributed by atoms with van der Waals surface area (Å²) in [4.78, 5) is 16.3. The molecule has 0 bridgehead atoms. The van der Waals surface area contributed by atoms with Crippen LogP contribution in [0.25, 0.3) is 5.65 Å². The second-order valence-corrected chi connectivity index (χ2v) is 8.58. The van der Waals surface area contributed by atoms with Crippen molar-refractivity contribution in [2.24, 2.45) is 0 Å². The van der Waals surface area contributed by atoms with Crippen molar-refractivity contribution in [3.63, 3.8) is 0 Å². The Morgan fingerprint density at radius 2 is 2.05 bits per heavy atom. The fraction of sp³-hybridized carbons (Fsp3) is 0.615. The summed E-state index contributed by atoms with van der Waals surface area (Å²) in [5.74, 6) is 0.504. The Morgan fingerprint density at radius 3 is 2.64 bits per heavy atom. The van der Waals surface area contributed by atoms with Crippen LogP contribution in [0.15, 0.2) is 11.0 Å². The van der Waals surface area contributed by atoms with E-state index in [4.69, 9.17) is 0 Å². The molecule has 2 N–H and O–H groups in total. The third kappa shape index (κ3) is 3.46. The Bertz CT molecular complexity index is 829. The van der Waals surface area contributed by atoms with Crippen LogP contribution in [0.1, 0.15) is 33.4 Å². The van der Waals surface area contributed by atoms with E-state index in [-0.39, 0.29) is 29.2 Å². The molecule has 8 nitrogen and oxygen atoms in total. The normalized spacial score (nSPS) is 12.7. The maximum atomic E-state index is 11.8. The minimum absolute atomic E-state index is 0.00569. The van der Waals surface area contributed by atoms with Crippen LogP contribution in [0.5, 0.6) is 0 Å². The van der Waals surface area contributed by atoms with Crippen LogP contribution in [0.3, 0.4) is 0 Å². The van der Waals surface area contributed by atoms with E-state index in [9.17, 15) is 13.2 Å². The molecule has 0 amide bonds. The highest BCUT2D eigenvalue weighted by Gasteiger charge is 2.20. The predicted molar refractivity (Wildman–Crippen MR) is 85.1 cm³/mol. The number of hydrogen-bond donors (Lipinski definition) is 2. The fourth-order valence-electron chi connectivity index (χ4n) is 1.86. The van der Waals surface area contributed by atoms with Gasteiger partial charge in [0.15, 0.2) is 15.7 Å². The summed E-state index contributed by atoms with van der Waals surface area (Å²) in [6.07, 6.45) is 1.65. The summed E-state index contributed by atoms with van der Waals surface area (Å²) in [5, 5.41) is 9.27. The molecule has 2 aromatic heterocycles. The lowest BCUT2D eigenvalue weighted by Crippen LogP contribution is -2.22. The Kier molecular flexibility index (Phi) is 4.28. The molecule has 0 saturated heterocycles. The Hall–Kier alpha value is -1.90. The number of aromatic amines is 1. The van der Waals surface area contributed by atoms with Crippen molar-refractivity contribution >= 4 is 21.3 Å². The van der Waals surface area contributed by atoms with Gasteiger partial charge < -0.3 is 5.32 Å². The highest BCUT2D eigenvalue weighted by molar-refractivity contribution is 7.91. The summed E-state index contributed by atoms with van der Waals surface area (Å²) >= 11 is 0. The smallest absolute Gasteiger partial charge is 0.347 e. The van der Waals surface area contributed by atoms with Gasteiger partial charge in [-0.05, 0) is 0 Å². The molecule has 0 unspecified atom stereocenters. The average Bonchev–Trinajstić information content (AvgIpc) is 2.79. The topological polar surface area (TPSA) is 109 Å². The Balaban J connectivity index is 2.38. The maximum absolute atomic E-state index is 11.8. The van der Waals surface area contributed by atoms with Crippen LogP contribution in [0.4, 0.5) is 5.82 Å². The summed E-state index contributed by atoms with van der Waals surface area (Å²) in [7, 11) is -3.06. The van der Waals surface area contributed by atoms with Gasteiger partial charge in [0, 0.05) is 23.9 Å². The van der Waals surface area contributed by atoms with Gasteiger partial charge in [0.05, 0.1) is 11.4 Å². The number of nitrogens with one attached hydrogen (secondary N) is 2. The second-order valence-electron chi connectivity index (χ2n) is 6.11. The summed E-state index contributed by atoms with van der Waals surface area (Å²) in [5.41, 5.74) is 0.458. The number of H-pyrrole nitrogens is 1. The van der Waals surface area contributed by atoms with Gasteiger partial charge in [-0.3, -0.25) is 0 Å². The van der Waals surface area contributed by atoms with E-state index in [0.29, 0.717) is 17.2 Å². The molecule has 0 spiro atoms. The molecule has 0 fully saturated rings. The van der Waals surface area contributed by atoms with Gasteiger partial charge in [0.1, 0.15) is 0 Å². The zero-order chi connectivity index (χ0) is 16.5. The Labute approximate surface area is 128 Å². The van der Waals surface area contributed by atoms with E-state index in [1.165, 1.54) is 4.40 Å². The summed E-state index contributed by atoms with van der Waals surface area (Å²) in [6.45, 7) is 7.78. The maximum Gasteiger partial charge on any atom is 0.347 e. The van der Waals surface area contributed by atoms with Gasteiger partial charge in [0.25, 0.3) is 0 Å². The molecular formula is C13H21N5O3S. The van der Waals surface area contributed by atoms with Gasteiger partial charge in [-0.25, -0.2) is 27.7 Å². The number of hydrogen-bond acceptors (Lipinski definition) is 6. The lowest BCUT2D eigenvalue weighted by Gasteiger charge is -2.19. The largest absolute Gasteiger partial charge is 0.366 e. The van der Waals surface area contributed by atoms with E-state index in [1.54, 1.807) is 13.1 Å². The molecule has 9 heteroatoms. The van der Waals surface area contributed by atoms with Crippen molar-refractivity contribution in [3.05, 3.63) is 22.4 Å². The van der Waals surface area contributed by atoms with Gasteiger partial charge >= 0.3 is 5.69 Å². The predicted octanol–water partition coefficient (Wildman–Crippen LogP) is 0.562. The molecule has 0 aromatic carbocycles. The van der Waals surface area contributed by atoms with Crippen molar-refractivity contribution in [3.8, 4) is 0 Å². The van der Waals surface area contributed by atoms with Gasteiger partial charge in [-0.15, -0.1) is 5.10 Å². The van der Waals surface area contributed by atoms with E-state index in [2.05, 4.69) is 20.5 Å². The lowest BCUT2D eigenvalue weighted by atomic mass is 9.93. The lowest BCUT2D eigenvalue weighted by molar-refractivity contribution is 0.565. The molecule has 0 aliphatic heterocycles. The number of sulfone groups is 1. The van der Waals surface area contributed by atoms with E-state index in [0.717, 1.165) is 0 Å². The molecule has 0 aliphatic rings. The first-order chi connectivity index (χ1) is 10.1. The summed E-state index contributed by atoms with van der Waals surface area (Å²) in [6, 6.07) is 0. The summed E-state index contributed by atoms with van der Waals surface area (Å²) < 4.78 is 24.5. The van der Waals surface area contributed by atoms with Crippen LogP contribution in [-0.2, 0) is 15.3 Å². The minimum atomic E-state index is -3.06. The highest BCUT2D eigenvalue weighted by atomic mass is 32.2. The second kappa shape index (κ2) is 5.71. The van der Waals surface area contributed by atoms with Gasteiger partial charge in [-0.2, -0.15) is 0 Å². The molecule has 122 valence electrons. The first-order valence-corrected chi connectivity index (χ1v) is 8.89. The van der Waals surface area contributed by atoms with Crippen LogP contribution in [-0.4, -0.2) is 46.1 Å². The number of nitrogens with zero attached hydrogens (tertiary/aromatic N) is 3. The van der Waals surface area contributed by atoms with Crippen LogP contribution in [0.2, 0.25) is 0 Å². The monoisotopic (exact) mass is 327 g/mol. The third-order valence-corrected chi connectivity index (χ3v) is 5.02. The average molecular weight is 327 g/mol. The van der Waals surface area contributed by atoms with Crippen LogP contribution < -0.4 is 11.0 Å². The van der Waals surface area contributed by atoms with Crippen LogP contribution >= 0.6 is 0 Å². The van der Waals surface area contributed by atoms with Crippen molar-refractivity contribution in [1.82, 2.24) is 19.6 Å². The zero-order valence-electron chi connectivity index (χ0n) is 13.2. The van der Waals surface area contributed by atoms with Crippen molar-refractivity contribution < 1.29 is 8.42 Å². The first kappa shape index (κ1) is 16.5. The van der Waals surface area contributed by atoms with E-state index < -0.39 is 9.84 Å². The van der Waals surface area contributed by atoms with Crippen LogP contribution in [0, 0.1) is 0 Å². The van der Waals surface area contributed by atoms with E-state index in [1.807, 2.05) is 20.8 Å². The zero-order valence-corrected chi connectivity index (χ0v) is 14.0. The number of fused-ring (bicyclic) bond motifs is 1. The molecule has 22 heavy (non-hydrogen) atoms. The SMILES string of the molecule is CCS(=O)(=O)CCNc1nc(C(C)(C)C)cn2c(=O)[nH]nc12. The van der Waals surface area contributed by atoms with Crippen molar-refractivity contribution in [2.75, 3.05) is 23.4 Å². The molecule has 2 heterocycles. The fourth-order valence-corrected chi connectivity index (χ4v) is 2.56. The van der Waals surface area contributed by atoms with Gasteiger partial charge in [0.2, 0.25) is 5.65 Å². The standard InChI is InChI=1S/C13H21N5O3S/c1-5-22(20,21)7-6-14-10-11-16-17-12(19)18(11)8-9(15-10)13(2,3)4/h8H,5-7H2,1-4H3,(H,14,15)(H,17,19). The first-order valence-electron chi connectivity index (χ1n) is 7.06. The number of rotatable bonds is 5. The number of anilines is 1. The molecule has 2 rings (SSSR count). The van der Waals surface area contributed by atoms with Crippen molar-refractivity contribution in [2.45, 2.75) is 33.1 Å². The molecule has 0 radical (unpaired) electrons. The molecule has 0 aliphatic carbocycles. The van der Waals surface area contributed by atoms with E-state index >= 15 is 0 Å². The molecule has 2 aromatic rings. The highest BCUT2D eigenvalue weighted by Crippen LogP contribution is 2.22. The molecule has 0 atom stereocenters. The third-order valence-electron chi connectivity index (χ3n) is 3.31. The minimum Gasteiger partial charge on any atom is -0.366 e. The number of aromatic nitrogens is 4. The van der Waals surface area contributed by atoms with Gasteiger partial charge in [-0.1, -0.05) is 27.7 Å². The quantitative estimate of drug-likeness (QED) is 0.830. The molecular weight excluding hydrogens is 306 g/mol. The Morgan fingerprint density at radius 1 is 1.36 bits per heavy atom.